The molecule has 0 amide bonds. The molecule has 0 aliphatic heterocycles. The first-order valence-corrected chi connectivity index (χ1v) is 14.1. The van der Waals surface area contributed by atoms with Gasteiger partial charge in [-0.25, -0.2) is 0 Å². The molecule has 0 saturated carbocycles. The maximum Gasteiger partial charge on any atom is 0.135 e. The molecule has 0 radical (unpaired) electrons. The maximum atomic E-state index is 6.28. The summed E-state index contributed by atoms with van der Waals surface area (Å²) >= 11 is 0. The van der Waals surface area contributed by atoms with Crippen molar-refractivity contribution in [1.82, 2.24) is 29.1 Å². The summed E-state index contributed by atoms with van der Waals surface area (Å²) in [4.78, 5) is 18.5. The molecule has 9 rings (SSSR count). The number of aromatic nitrogens is 6. The average molecular weight is 547 g/mol. The molecule has 7 heteroatoms. The molecule has 0 bridgehead atoms. The first kappa shape index (κ1) is 24.3. The molecule has 0 saturated heterocycles. The molecular formula is C35H26N6O. The lowest BCUT2D eigenvalue weighted by Crippen LogP contribution is -1.94. The zero-order valence-corrected chi connectivity index (χ0v) is 23.2. The highest BCUT2D eigenvalue weighted by molar-refractivity contribution is 6.09. The van der Waals surface area contributed by atoms with Gasteiger partial charge in [0.2, 0.25) is 0 Å². The topological polar surface area (TPSA) is 74.6 Å². The lowest BCUT2D eigenvalue weighted by Gasteiger charge is -2.08. The zero-order chi connectivity index (χ0) is 28.2. The first-order chi connectivity index (χ1) is 20.8. The Balaban J connectivity index is 0.000000856. The Labute approximate surface area is 240 Å². The van der Waals surface area contributed by atoms with Gasteiger partial charge in [0, 0.05) is 46.9 Å². The van der Waals surface area contributed by atoms with Crippen molar-refractivity contribution < 1.29 is 4.42 Å². The van der Waals surface area contributed by atoms with Crippen molar-refractivity contribution >= 4 is 66.1 Å². The van der Waals surface area contributed by atoms with Gasteiger partial charge in [-0.3, -0.25) is 19.9 Å². The molecule has 2 aromatic carbocycles. The van der Waals surface area contributed by atoms with Gasteiger partial charge in [0.1, 0.15) is 33.2 Å². The number of hydrogen-bond acceptors (Lipinski definition) is 5. The SMILES string of the molecule is CCC.c1cnc2c3ncccc3n(-c3ccc4oc5ccc(-n6c7cccnc7c7ncccc76)cc5c4c3)c2c1. The third-order valence-corrected chi connectivity index (χ3v) is 7.51. The number of nitrogens with zero attached hydrogens (tertiary/aromatic N) is 6. The van der Waals surface area contributed by atoms with Crippen LogP contribution in [0.5, 0.6) is 0 Å². The monoisotopic (exact) mass is 546 g/mol. The number of hydrogen-bond donors (Lipinski definition) is 0. The van der Waals surface area contributed by atoms with E-state index in [-0.39, 0.29) is 0 Å². The van der Waals surface area contributed by atoms with Crippen LogP contribution >= 0.6 is 0 Å². The molecule has 7 nitrogen and oxygen atoms in total. The third-order valence-electron chi connectivity index (χ3n) is 7.51. The number of fused-ring (bicyclic) bond motifs is 9. The summed E-state index contributed by atoms with van der Waals surface area (Å²) in [6, 6.07) is 28.9. The van der Waals surface area contributed by atoms with E-state index < -0.39 is 0 Å². The van der Waals surface area contributed by atoms with Gasteiger partial charge in [-0.15, -0.1) is 0 Å². The molecule has 7 heterocycles. The number of furan rings is 1. The van der Waals surface area contributed by atoms with E-state index in [1.165, 1.54) is 6.42 Å². The predicted molar refractivity (Wildman–Crippen MR) is 170 cm³/mol. The standard InChI is InChI=1S/C32H18N6O.C3H8/c1-5-23-29(33-13-1)30-24(6-2-14-34-30)37(23)19-9-11-27-21(17-19)22-18-20(10-12-28(22)39-27)38-25-7-3-15-35-31(25)32-26(38)8-4-16-36-32;1-3-2/h1-18H;3H2,1-2H3. The van der Waals surface area contributed by atoms with Crippen LogP contribution in [0.25, 0.3) is 77.4 Å². The zero-order valence-electron chi connectivity index (χ0n) is 23.2. The fraction of sp³-hybridized carbons (Fsp3) is 0.0857. The molecule has 42 heavy (non-hydrogen) atoms. The van der Waals surface area contributed by atoms with E-state index in [9.17, 15) is 0 Å². The Bertz CT molecular complexity index is 2160. The van der Waals surface area contributed by atoms with Crippen LogP contribution in [0.3, 0.4) is 0 Å². The smallest absolute Gasteiger partial charge is 0.135 e. The molecule has 0 aliphatic carbocycles. The van der Waals surface area contributed by atoms with Crippen molar-refractivity contribution in [2.75, 3.05) is 0 Å². The van der Waals surface area contributed by atoms with Gasteiger partial charge < -0.3 is 13.6 Å². The Kier molecular flexibility index (Phi) is 5.50. The minimum Gasteiger partial charge on any atom is -0.456 e. The van der Waals surface area contributed by atoms with Crippen molar-refractivity contribution in [3.05, 3.63) is 110 Å². The largest absolute Gasteiger partial charge is 0.456 e. The number of benzene rings is 2. The molecule has 0 N–H and O–H groups in total. The van der Waals surface area contributed by atoms with Crippen molar-refractivity contribution in [1.29, 1.82) is 0 Å². The van der Waals surface area contributed by atoms with Crippen molar-refractivity contribution in [2.24, 2.45) is 0 Å². The van der Waals surface area contributed by atoms with Gasteiger partial charge in [-0.1, -0.05) is 20.3 Å². The first-order valence-electron chi connectivity index (χ1n) is 14.1. The molecule has 0 aliphatic rings. The molecule has 0 spiro atoms. The molecule has 202 valence electrons. The quantitative estimate of drug-likeness (QED) is 0.217. The highest BCUT2D eigenvalue weighted by Gasteiger charge is 2.18. The van der Waals surface area contributed by atoms with Gasteiger partial charge in [0.15, 0.2) is 0 Å². The molecule has 7 aromatic heterocycles. The lowest BCUT2D eigenvalue weighted by molar-refractivity contribution is 0.669. The lowest BCUT2D eigenvalue weighted by atomic mass is 10.1. The van der Waals surface area contributed by atoms with Crippen molar-refractivity contribution in [3.63, 3.8) is 0 Å². The van der Waals surface area contributed by atoms with Crippen molar-refractivity contribution in [2.45, 2.75) is 20.3 Å². The van der Waals surface area contributed by atoms with E-state index in [0.717, 1.165) is 77.4 Å². The summed E-state index contributed by atoms with van der Waals surface area (Å²) in [7, 11) is 0. The fourth-order valence-electron chi connectivity index (χ4n) is 5.89. The predicted octanol–water partition coefficient (Wildman–Crippen LogP) is 8.78. The number of rotatable bonds is 2. The summed E-state index contributed by atoms with van der Waals surface area (Å²) in [5.41, 5.74) is 11.4. The second kappa shape index (κ2) is 9.52. The van der Waals surface area contributed by atoms with Gasteiger partial charge in [-0.2, -0.15) is 0 Å². The Morgan fingerprint density at radius 2 is 0.833 bits per heavy atom. The summed E-state index contributed by atoms with van der Waals surface area (Å²) in [5.74, 6) is 0. The van der Waals surface area contributed by atoms with Gasteiger partial charge in [0.05, 0.1) is 22.1 Å². The summed E-state index contributed by atoms with van der Waals surface area (Å²) in [5, 5.41) is 2.09. The normalized spacial score (nSPS) is 11.7. The Morgan fingerprint density at radius 3 is 1.17 bits per heavy atom. The molecule has 0 unspecified atom stereocenters. The van der Waals surface area contributed by atoms with Crippen LogP contribution in [-0.2, 0) is 0 Å². The van der Waals surface area contributed by atoms with E-state index in [1.54, 1.807) is 0 Å². The highest BCUT2D eigenvalue weighted by atomic mass is 16.3. The second-order valence-electron chi connectivity index (χ2n) is 10.3. The van der Waals surface area contributed by atoms with Crippen LogP contribution in [0.4, 0.5) is 0 Å². The van der Waals surface area contributed by atoms with Crippen LogP contribution in [0.1, 0.15) is 20.3 Å². The second-order valence-corrected chi connectivity index (χ2v) is 10.3. The summed E-state index contributed by atoms with van der Waals surface area (Å²) < 4.78 is 10.7. The van der Waals surface area contributed by atoms with E-state index in [2.05, 4.69) is 91.4 Å². The van der Waals surface area contributed by atoms with Gasteiger partial charge in [-0.05, 0) is 84.9 Å². The molecule has 0 fully saturated rings. The summed E-state index contributed by atoms with van der Waals surface area (Å²) in [6.45, 7) is 4.25. The minimum atomic E-state index is 0.841. The van der Waals surface area contributed by atoms with Gasteiger partial charge in [0.25, 0.3) is 0 Å². The summed E-state index contributed by atoms with van der Waals surface area (Å²) in [6.07, 6.45) is 8.51. The fourth-order valence-corrected chi connectivity index (χ4v) is 5.89. The highest BCUT2D eigenvalue weighted by Crippen LogP contribution is 2.36. The van der Waals surface area contributed by atoms with Crippen molar-refractivity contribution in [3.8, 4) is 11.4 Å². The van der Waals surface area contributed by atoms with E-state index in [0.29, 0.717) is 0 Å². The molecular weight excluding hydrogens is 520 g/mol. The van der Waals surface area contributed by atoms with Crippen LogP contribution in [-0.4, -0.2) is 29.1 Å². The van der Waals surface area contributed by atoms with Crippen LogP contribution in [0, 0.1) is 0 Å². The van der Waals surface area contributed by atoms with E-state index >= 15 is 0 Å². The maximum absolute atomic E-state index is 6.28. The van der Waals surface area contributed by atoms with Crippen LogP contribution in [0.2, 0.25) is 0 Å². The van der Waals surface area contributed by atoms with E-state index in [4.69, 9.17) is 4.42 Å². The number of pyridine rings is 4. The van der Waals surface area contributed by atoms with Crippen LogP contribution in [0.15, 0.2) is 114 Å². The minimum absolute atomic E-state index is 0.841. The third kappa shape index (κ3) is 3.53. The molecule has 0 atom stereocenters. The van der Waals surface area contributed by atoms with Gasteiger partial charge >= 0.3 is 0 Å². The van der Waals surface area contributed by atoms with E-state index in [1.807, 2.05) is 61.2 Å². The average Bonchev–Trinajstić information content (AvgIpc) is 3.68. The Hall–Kier alpha value is -5.56. The van der Waals surface area contributed by atoms with Crippen LogP contribution < -0.4 is 0 Å². The Morgan fingerprint density at radius 1 is 0.500 bits per heavy atom. The molecule has 9 aromatic rings.